The van der Waals surface area contributed by atoms with E-state index in [1.54, 1.807) is 0 Å². The van der Waals surface area contributed by atoms with Gasteiger partial charge in [-0.2, -0.15) is 0 Å². The zero-order valence-electron chi connectivity index (χ0n) is 13.2. The van der Waals surface area contributed by atoms with Crippen molar-refractivity contribution in [1.82, 2.24) is 5.32 Å². The minimum Gasteiger partial charge on any atom is -0.346 e. The van der Waals surface area contributed by atoms with Crippen LogP contribution in [0.5, 0.6) is 0 Å². The molecule has 0 fully saturated rings. The van der Waals surface area contributed by atoms with Crippen LogP contribution in [0.25, 0.3) is 0 Å². The molecule has 1 rings (SSSR count). The fourth-order valence-electron chi connectivity index (χ4n) is 2.26. The molecule has 5 heteroatoms. The number of hydrogen-bond acceptors (Lipinski definition) is 2. The Kier molecular flexibility index (Phi) is 8.30. The van der Waals surface area contributed by atoms with E-state index in [0.717, 1.165) is 18.4 Å². The van der Waals surface area contributed by atoms with Gasteiger partial charge in [0.05, 0.1) is 5.54 Å². The molecule has 0 heterocycles. The Morgan fingerprint density at radius 1 is 1.24 bits per heavy atom. The van der Waals surface area contributed by atoms with Crippen molar-refractivity contribution in [2.75, 3.05) is 0 Å². The predicted molar refractivity (Wildman–Crippen MR) is 91.9 cm³/mol. The van der Waals surface area contributed by atoms with Crippen LogP contribution in [-0.4, -0.2) is 11.9 Å². The van der Waals surface area contributed by atoms with E-state index in [2.05, 4.69) is 19.2 Å². The number of hydrogen-bond donors (Lipinski definition) is 2. The highest BCUT2D eigenvalue weighted by Crippen LogP contribution is 2.30. The maximum absolute atomic E-state index is 12.3. The van der Waals surface area contributed by atoms with E-state index >= 15 is 0 Å². The quantitative estimate of drug-likeness (QED) is 0.830. The number of carbonyl (C=O) groups excluding carboxylic acids is 1. The van der Waals surface area contributed by atoms with Gasteiger partial charge in [-0.3, -0.25) is 4.79 Å². The van der Waals surface area contributed by atoms with Gasteiger partial charge in [0.15, 0.2) is 0 Å². The van der Waals surface area contributed by atoms with Crippen molar-refractivity contribution >= 4 is 29.9 Å². The van der Waals surface area contributed by atoms with E-state index in [1.807, 2.05) is 38.1 Å². The van der Waals surface area contributed by atoms with Gasteiger partial charge in [0.25, 0.3) is 0 Å². The van der Waals surface area contributed by atoms with E-state index in [0.29, 0.717) is 5.02 Å². The second-order valence-corrected chi connectivity index (χ2v) is 5.87. The highest BCUT2D eigenvalue weighted by Gasteiger charge is 2.32. The summed E-state index contributed by atoms with van der Waals surface area (Å²) in [6, 6.07) is 7.51. The van der Waals surface area contributed by atoms with E-state index in [-0.39, 0.29) is 35.8 Å². The van der Waals surface area contributed by atoms with Crippen molar-refractivity contribution in [2.24, 2.45) is 11.7 Å². The average Bonchev–Trinajstić information content (AvgIpc) is 2.44. The highest BCUT2D eigenvalue weighted by atomic mass is 35.5. The first kappa shape index (κ1) is 20.2. The molecule has 0 bridgehead atoms. The smallest absolute Gasteiger partial charge is 0.225 e. The molecule has 0 radical (unpaired) electrons. The summed E-state index contributed by atoms with van der Waals surface area (Å²) in [6.45, 7) is 7.87. The summed E-state index contributed by atoms with van der Waals surface area (Å²) in [6.07, 6.45) is 1.64. The molecule has 1 aromatic carbocycles. The van der Waals surface area contributed by atoms with Crippen LogP contribution in [0, 0.1) is 5.92 Å². The number of rotatable bonds is 6. The van der Waals surface area contributed by atoms with E-state index < -0.39 is 0 Å². The van der Waals surface area contributed by atoms with Crippen LogP contribution >= 0.6 is 24.0 Å². The lowest BCUT2D eigenvalue weighted by Crippen LogP contribution is -2.49. The molecule has 120 valence electrons. The summed E-state index contributed by atoms with van der Waals surface area (Å²) in [4.78, 5) is 12.3. The fraction of sp³-hybridized carbons (Fsp3) is 0.562. The number of benzene rings is 1. The number of halogens is 2. The molecule has 0 spiro atoms. The number of nitrogens with one attached hydrogen (secondary N) is 1. The Morgan fingerprint density at radius 3 is 2.10 bits per heavy atom. The molecule has 21 heavy (non-hydrogen) atoms. The zero-order chi connectivity index (χ0) is 15.3. The molecular formula is C16H26Cl2N2O. The molecule has 0 aliphatic carbocycles. The van der Waals surface area contributed by atoms with Crippen molar-refractivity contribution < 1.29 is 4.79 Å². The number of nitrogens with two attached hydrogens (primary N) is 1. The summed E-state index contributed by atoms with van der Waals surface area (Å²) >= 11 is 5.94. The van der Waals surface area contributed by atoms with Gasteiger partial charge in [0, 0.05) is 17.0 Å². The normalized spacial score (nSPS) is 14.0. The summed E-state index contributed by atoms with van der Waals surface area (Å²) in [7, 11) is 0. The van der Waals surface area contributed by atoms with Crippen LogP contribution in [0.4, 0.5) is 0 Å². The van der Waals surface area contributed by atoms with Gasteiger partial charge >= 0.3 is 0 Å². The van der Waals surface area contributed by atoms with Crippen molar-refractivity contribution in [3.05, 3.63) is 34.9 Å². The van der Waals surface area contributed by atoms with Gasteiger partial charge in [0.1, 0.15) is 0 Å². The average molecular weight is 333 g/mol. The first-order chi connectivity index (χ1) is 9.36. The Bertz CT molecular complexity index is 442. The monoisotopic (exact) mass is 332 g/mol. The molecule has 2 atom stereocenters. The summed E-state index contributed by atoms with van der Waals surface area (Å²) in [5, 5.41) is 3.88. The predicted octanol–water partition coefficient (Wildman–Crippen LogP) is 3.88. The van der Waals surface area contributed by atoms with Gasteiger partial charge < -0.3 is 11.1 Å². The van der Waals surface area contributed by atoms with Crippen molar-refractivity contribution in [3.8, 4) is 0 Å². The standard InChI is InChI=1S/C16H25ClN2O.ClH/c1-5-16(6-2,13-7-9-14(17)10-8-13)19-15(20)11(3)12(4)18;/h7-12H,5-6,18H2,1-4H3,(H,19,20);1H. The third kappa shape index (κ3) is 4.87. The lowest BCUT2D eigenvalue weighted by Gasteiger charge is -2.35. The molecular weight excluding hydrogens is 307 g/mol. The largest absolute Gasteiger partial charge is 0.346 e. The third-order valence-electron chi connectivity index (χ3n) is 4.17. The summed E-state index contributed by atoms with van der Waals surface area (Å²) < 4.78 is 0. The van der Waals surface area contributed by atoms with Crippen LogP contribution in [0.2, 0.25) is 5.02 Å². The molecule has 0 saturated heterocycles. The highest BCUT2D eigenvalue weighted by molar-refractivity contribution is 6.30. The Labute approximate surface area is 139 Å². The van der Waals surface area contributed by atoms with Crippen molar-refractivity contribution in [1.29, 1.82) is 0 Å². The lowest BCUT2D eigenvalue weighted by atomic mass is 9.84. The van der Waals surface area contributed by atoms with Crippen molar-refractivity contribution in [3.63, 3.8) is 0 Å². The molecule has 0 saturated carbocycles. The molecule has 3 N–H and O–H groups in total. The first-order valence-electron chi connectivity index (χ1n) is 7.20. The molecule has 0 aromatic heterocycles. The molecule has 0 aliphatic heterocycles. The Hall–Kier alpha value is -0.770. The molecule has 1 aromatic rings. The lowest BCUT2D eigenvalue weighted by molar-refractivity contribution is -0.127. The topological polar surface area (TPSA) is 55.1 Å². The van der Waals surface area contributed by atoms with Crippen LogP contribution < -0.4 is 11.1 Å². The third-order valence-corrected chi connectivity index (χ3v) is 4.42. The van der Waals surface area contributed by atoms with Gasteiger partial charge in [-0.15, -0.1) is 12.4 Å². The maximum Gasteiger partial charge on any atom is 0.225 e. The van der Waals surface area contributed by atoms with E-state index in [1.165, 1.54) is 0 Å². The SMILES string of the molecule is CCC(CC)(NC(=O)C(C)C(C)N)c1ccc(Cl)cc1.Cl. The summed E-state index contributed by atoms with van der Waals surface area (Å²) in [5.41, 5.74) is 6.54. The molecule has 2 unspecified atom stereocenters. The molecule has 3 nitrogen and oxygen atoms in total. The second kappa shape index (κ2) is 8.62. The van der Waals surface area contributed by atoms with E-state index in [9.17, 15) is 4.79 Å². The Morgan fingerprint density at radius 2 is 1.71 bits per heavy atom. The van der Waals surface area contributed by atoms with Gasteiger partial charge in [-0.05, 0) is 37.5 Å². The molecule has 0 aliphatic rings. The van der Waals surface area contributed by atoms with Crippen LogP contribution in [0.15, 0.2) is 24.3 Å². The Balaban J connectivity index is 0.00000400. The maximum atomic E-state index is 12.3. The number of amides is 1. The first-order valence-corrected chi connectivity index (χ1v) is 7.57. The number of carbonyl (C=O) groups is 1. The zero-order valence-corrected chi connectivity index (χ0v) is 14.7. The molecule has 1 amide bonds. The van der Waals surface area contributed by atoms with Gasteiger partial charge in [-0.25, -0.2) is 0 Å². The van der Waals surface area contributed by atoms with E-state index in [4.69, 9.17) is 17.3 Å². The minimum absolute atomic E-state index is 0. The van der Waals surface area contributed by atoms with Crippen LogP contribution in [-0.2, 0) is 10.3 Å². The van der Waals surface area contributed by atoms with Crippen LogP contribution in [0.1, 0.15) is 46.1 Å². The second-order valence-electron chi connectivity index (χ2n) is 5.43. The van der Waals surface area contributed by atoms with Crippen LogP contribution in [0.3, 0.4) is 0 Å². The van der Waals surface area contributed by atoms with Crippen molar-refractivity contribution in [2.45, 2.75) is 52.1 Å². The van der Waals surface area contributed by atoms with Gasteiger partial charge in [-0.1, -0.05) is 44.5 Å². The summed E-state index contributed by atoms with van der Waals surface area (Å²) in [5.74, 6) is -0.210. The van der Waals surface area contributed by atoms with Gasteiger partial charge in [0.2, 0.25) is 5.91 Å². The fourth-order valence-corrected chi connectivity index (χ4v) is 2.39. The minimum atomic E-state index is -0.356.